The SMILES string of the molecule is CCCCCCC1CCC(c2ccc(C)cc2)C(=O)O1. The van der Waals surface area contributed by atoms with Crippen molar-refractivity contribution in [2.75, 3.05) is 0 Å². The summed E-state index contributed by atoms with van der Waals surface area (Å²) in [6.45, 7) is 4.28. The Bertz CT molecular complexity index is 422. The molecule has 110 valence electrons. The molecule has 1 aliphatic rings. The van der Waals surface area contributed by atoms with E-state index < -0.39 is 0 Å². The highest BCUT2D eigenvalue weighted by molar-refractivity contribution is 5.79. The zero-order valence-electron chi connectivity index (χ0n) is 12.7. The first-order valence-corrected chi connectivity index (χ1v) is 7.97. The van der Waals surface area contributed by atoms with Crippen LogP contribution in [0.4, 0.5) is 0 Å². The Hall–Kier alpha value is -1.31. The van der Waals surface area contributed by atoms with E-state index in [1.54, 1.807) is 0 Å². The minimum atomic E-state index is -0.0532. The van der Waals surface area contributed by atoms with Crippen LogP contribution in [-0.2, 0) is 9.53 Å². The van der Waals surface area contributed by atoms with Gasteiger partial charge in [0.2, 0.25) is 0 Å². The van der Waals surface area contributed by atoms with E-state index in [0.717, 1.165) is 24.8 Å². The molecule has 1 aromatic carbocycles. The summed E-state index contributed by atoms with van der Waals surface area (Å²) in [5, 5.41) is 0. The lowest BCUT2D eigenvalue weighted by Gasteiger charge is -2.28. The van der Waals surface area contributed by atoms with Crippen molar-refractivity contribution >= 4 is 5.97 Å². The molecule has 1 aromatic rings. The minimum absolute atomic E-state index is 0.0272. The van der Waals surface area contributed by atoms with Crippen LogP contribution in [0.5, 0.6) is 0 Å². The van der Waals surface area contributed by atoms with Gasteiger partial charge < -0.3 is 4.74 Å². The average molecular weight is 274 g/mol. The third kappa shape index (κ3) is 4.09. The van der Waals surface area contributed by atoms with Gasteiger partial charge in [0.1, 0.15) is 6.10 Å². The fourth-order valence-electron chi connectivity index (χ4n) is 2.88. The van der Waals surface area contributed by atoms with E-state index in [4.69, 9.17) is 4.74 Å². The Morgan fingerprint density at radius 3 is 2.50 bits per heavy atom. The Labute approximate surface area is 122 Å². The molecule has 2 unspecified atom stereocenters. The van der Waals surface area contributed by atoms with Gasteiger partial charge in [0.25, 0.3) is 0 Å². The van der Waals surface area contributed by atoms with Crippen molar-refractivity contribution in [2.45, 2.75) is 70.8 Å². The van der Waals surface area contributed by atoms with Crippen molar-refractivity contribution in [2.24, 2.45) is 0 Å². The van der Waals surface area contributed by atoms with Crippen LogP contribution < -0.4 is 0 Å². The summed E-state index contributed by atoms with van der Waals surface area (Å²) in [5.41, 5.74) is 2.33. The number of ether oxygens (including phenoxy) is 1. The van der Waals surface area contributed by atoms with Crippen LogP contribution >= 0.6 is 0 Å². The first-order valence-electron chi connectivity index (χ1n) is 7.97. The van der Waals surface area contributed by atoms with Gasteiger partial charge in [-0.15, -0.1) is 0 Å². The fraction of sp³-hybridized carbons (Fsp3) is 0.611. The molecule has 0 N–H and O–H groups in total. The van der Waals surface area contributed by atoms with Crippen LogP contribution in [0, 0.1) is 6.92 Å². The van der Waals surface area contributed by atoms with E-state index in [9.17, 15) is 4.79 Å². The van der Waals surface area contributed by atoms with Crippen LogP contribution in [0.2, 0.25) is 0 Å². The maximum absolute atomic E-state index is 12.2. The Kier molecular flexibility index (Phi) is 5.63. The topological polar surface area (TPSA) is 26.3 Å². The Balaban J connectivity index is 1.83. The van der Waals surface area contributed by atoms with Crippen LogP contribution in [0.25, 0.3) is 0 Å². The number of unbranched alkanes of at least 4 members (excludes halogenated alkanes) is 3. The van der Waals surface area contributed by atoms with Crippen molar-refractivity contribution in [3.05, 3.63) is 35.4 Å². The number of hydrogen-bond donors (Lipinski definition) is 0. The largest absolute Gasteiger partial charge is 0.462 e. The van der Waals surface area contributed by atoms with Crippen molar-refractivity contribution in [1.29, 1.82) is 0 Å². The van der Waals surface area contributed by atoms with Gasteiger partial charge in [-0.2, -0.15) is 0 Å². The summed E-state index contributed by atoms with van der Waals surface area (Å²) in [4.78, 5) is 12.2. The standard InChI is InChI=1S/C18H26O2/c1-3-4-5-6-7-16-12-13-17(18(19)20-16)15-10-8-14(2)9-11-15/h8-11,16-17H,3-7,12-13H2,1-2H3. The molecule has 0 bridgehead atoms. The maximum atomic E-state index is 12.2. The molecule has 0 spiro atoms. The molecular weight excluding hydrogens is 248 g/mol. The van der Waals surface area contributed by atoms with Crippen LogP contribution in [-0.4, -0.2) is 12.1 Å². The highest BCUT2D eigenvalue weighted by Gasteiger charge is 2.30. The second kappa shape index (κ2) is 7.47. The number of cyclic esters (lactones) is 1. The quantitative estimate of drug-likeness (QED) is 0.552. The minimum Gasteiger partial charge on any atom is -0.462 e. The van der Waals surface area contributed by atoms with Gasteiger partial charge in [0, 0.05) is 0 Å². The van der Waals surface area contributed by atoms with Gasteiger partial charge in [0.15, 0.2) is 0 Å². The molecular formula is C18H26O2. The van der Waals surface area contributed by atoms with E-state index in [1.807, 2.05) is 0 Å². The third-order valence-corrected chi connectivity index (χ3v) is 4.20. The first-order chi connectivity index (χ1) is 9.70. The Morgan fingerprint density at radius 2 is 1.85 bits per heavy atom. The summed E-state index contributed by atoms with van der Waals surface area (Å²) in [6.07, 6.45) is 8.10. The molecule has 1 heterocycles. The smallest absolute Gasteiger partial charge is 0.313 e. The van der Waals surface area contributed by atoms with Crippen molar-refractivity contribution < 1.29 is 9.53 Å². The zero-order valence-corrected chi connectivity index (χ0v) is 12.7. The summed E-state index contributed by atoms with van der Waals surface area (Å²) < 4.78 is 5.62. The summed E-state index contributed by atoms with van der Waals surface area (Å²) >= 11 is 0. The Morgan fingerprint density at radius 1 is 1.10 bits per heavy atom. The zero-order chi connectivity index (χ0) is 14.4. The van der Waals surface area contributed by atoms with Gasteiger partial charge >= 0.3 is 5.97 Å². The predicted molar refractivity (Wildman–Crippen MR) is 81.8 cm³/mol. The number of rotatable bonds is 6. The second-order valence-electron chi connectivity index (χ2n) is 5.95. The van der Waals surface area contributed by atoms with Crippen LogP contribution in [0.3, 0.4) is 0 Å². The highest BCUT2D eigenvalue weighted by atomic mass is 16.5. The molecule has 2 heteroatoms. The number of carbonyl (C=O) groups excluding carboxylic acids is 1. The molecule has 2 rings (SSSR count). The summed E-state index contributed by atoms with van der Waals surface area (Å²) in [6, 6.07) is 8.25. The van der Waals surface area contributed by atoms with Crippen molar-refractivity contribution in [3.63, 3.8) is 0 Å². The molecule has 2 atom stereocenters. The molecule has 0 saturated carbocycles. The predicted octanol–water partition coefficient (Wildman–Crippen LogP) is 4.75. The van der Waals surface area contributed by atoms with Crippen LogP contribution in [0.1, 0.15) is 68.9 Å². The lowest BCUT2D eigenvalue weighted by atomic mass is 9.89. The molecule has 20 heavy (non-hydrogen) atoms. The second-order valence-corrected chi connectivity index (χ2v) is 5.95. The number of carbonyl (C=O) groups is 1. The molecule has 1 aliphatic heterocycles. The van der Waals surface area contributed by atoms with Crippen molar-refractivity contribution in [3.8, 4) is 0 Å². The maximum Gasteiger partial charge on any atom is 0.313 e. The number of benzene rings is 1. The molecule has 0 radical (unpaired) electrons. The van der Waals surface area contributed by atoms with E-state index in [2.05, 4.69) is 38.1 Å². The molecule has 0 aromatic heterocycles. The van der Waals surface area contributed by atoms with Gasteiger partial charge in [-0.3, -0.25) is 4.79 Å². The van der Waals surface area contributed by atoms with E-state index in [1.165, 1.54) is 31.2 Å². The van der Waals surface area contributed by atoms with E-state index in [0.29, 0.717) is 0 Å². The molecule has 0 amide bonds. The van der Waals surface area contributed by atoms with E-state index >= 15 is 0 Å². The third-order valence-electron chi connectivity index (χ3n) is 4.20. The van der Waals surface area contributed by atoms with Gasteiger partial charge in [-0.05, 0) is 38.2 Å². The monoisotopic (exact) mass is 274 g/mol. The lowest BCUT2D eigenvalue weighted by Crippen LogP contribution is -2.29. The lowest BCUT2D eigenvalue weighted by molar-refractivity contribution is -0.156. The number of aryl methyl sites for hydroxylation is 1. The van der Waals surface area contributed by atoms with E-state index in [-0.39, 0.29) is 18.0 Å². The highest BCUT2D eigenvalue weighted by Crippen LogP contribution is 2.31. The average Bonchev–Trinajstić information content (AvgIpc) is 2.45. The molecule has 2 nitrogen and oxygen atoms in total. The molecule has 0 aliphatic carbocycles. The molecule has 1 saturated heterocycles. The van der Waals surface area contributed by atoms with Gasteiger partial charge in [-0.1, -0.05) is 56.0 Å². The van der Waals surface area contributed by atoms with Gasteiger partial charge in [-0.25, -0.2) is 0 Å². The van der Waals surface area contributed by atoms with Crippen LogP contribution in [0.15, 0.2) is 24.3 Å². The van der Waals surface area contributed by atoms with Gasteiger partial charge in [0.05, 0.1) is 5.92 Å². The van der Waals surface area contributed by atoms with Crippen molar-refractivity contribution in [1.82, 2.24) is 0 Å². The number of esters is 1. The summed E-state index contributed by atoms with van der Waals surface area (Å²) in [5.74, 6) is -0.0805. The fourth-order valence-corrected chi connectivity index (χ4v) is 2.88. The first kappa shape index (κ1) is 15.1. The molecule has 1 fully saturated rings. The number of hydrogen-bond acceptors (Lipinski definition) is 2. The summed E-state index contributed by atoms with van der Waals surface area (Å²) in [7, 11) is 0. The normalized spacial score (nSPS) is 22.6.